The van der Waals surface area contributed by atoms with Gasteiger partial charge in [-0.2, -0.15) is 15.0 Å². The van der Waals surface area contributed by atoms with Crippen molar-refractivity contribution in [3.63, 3.8) is 0 Å². The van der Waals surface area contributed by atoms with Gasteiger partial charge in [-0.15, -0.1) is 11.3 Å². The summed E-state index contributed by atoms with van der Waals surface area (Å²) in [4.78, 5) is 16.5. The van der Waals surface area contributed by atoms with Gasteiger partial charge in [0.2, 0.25) is 11.9 Å². The number of furan rings is 1. The highest BCUT2D eigenvalue weighted by Gasteiger charge is 2.24. The third kappa shape index (κ3) is 6.14. The normalized spacial score (nSPS) is 12.1. The summed E-state index contributed by atoms with van der Waals surface area (Å²) >= 11 is 1.87. The van der Waals surface area contributed by atoms with Gasteiger partial charge in [-0.25, -0.2) is 0 Å². The smallest absolute Gasteiger partial charge is 0.240 e. The molecule has 0 aliphatic carbocycles. The second-order valence-corrected chi connectivity index (χ2v) is 20.2. The van der Waals surface area contributed by atoms with Crippen molar-refractivity contribution in [1.29, 1.82) is 0 Å². The Morgan fingerprint density at radius 2 is 0.919 bits per heavy atom. The van der Waals surface area contributed by atoms with Gasteiger partial charge in [0.15, 0.2) is 5.82 Å². The molecule has 16 rings (SSSR count). The molecule has 0 saturated carbocycles. The maximum absolute atomic E-state index is 6.47. The maximum Gasteiger partial charge on any atom is 0.240 e. The van der Waals surface area contributed by atoms with Crippen LogP contribution in [0.1, 0.15) is 0 Å². The summed E-state index contributed by atoms with van der Waals surface area (Å²) in [5.74, 6) is 1.57. The topological polar surface area (TPSA) is 61.7 Å². The van der Waals surface area contributed by atoms with Gasteiger partial charge in [-0.3, -0.25) is 9.13 Å². The van der Waals surface area contributed by atoms with Crippen LogP contribution < -0.4 is 0 Å². The van der Waals surface area contributed by atoms with Crippen LogP contribution in [0, 0.1) is 0 Å². The number of aromatic nitrogens is 5. The van der Waals surface area contributed by atoms with Crippen LogP contribution in [0.2, 0.25) is 0 Å². The Labute approximate surface area is 427 Å². The molecule has 0 bridgehead atoms. The fourth-order valence-corrected chi connectivity index (χ4v) is 12.9. The standard InChI is InChI=1S/C67H39N5OS/c1-2-20-46-40(15-1)34-36-58-62(46)55-28-13-25-47(43-18-11-16-41(37-43)42-17-12-19-44(38-42)48-26-14-27-54-53-24-6-10-32-61(53)74-64(48)54)63(55)72(58)67-69-65(45-33-35-52-51-23-5-9-31-59(51)73-60(52)39-45)68-66(70-67)71-56-29-7-3-21-49(56)50-22-4-8-30-57(50)71/h1-39H. The van der Waals surface area contributed by atoms with Crippen LogP contribution in [-0.2, 0) is 0 Å². The van der Waals surface area contributed by atoms with Crippen LogP contribution in [0.3, 0.4) is 0 Å². The summed E-state index contributed by atoms with van der Waals surface area (Å²) in [6.45, 7) is 0. The number of benzene rings is 11. The molecule has 6 nitrogen and oxygen atoms in total. The van der Waals surface area contributed by atoms with Gasteiger partial charge in [0.1, 0.15) is 11.2 Å². The zero-order valence-corrected chi connectivity index (χ0v) is 40.4. The SMILES string of the molecule is c1cc(-c2cccc(-c3cccc4c5c6ccccc6ccc5n(-c5nc(-c6ccc7c(c6)oc6ccccc67)nc(-n6c7ccccc7c7ccccc76)n5)c34)c2)cc(-c2cccc3c2sc2ccccc23)c1. The Hall–Kier alpha value is -9.69. The zero-order chi connectivity index (χ0) is 48.4. The first-order valence-electron chi connectivity index (χ1n) is 24.9. The average Bonchev–Trinajstić information content (AvgIpc) is 4.24. The second-order valence-electron chi connectivity index (χ2n) is 19.1. The molecule has 0 radical (unpaired) electrons. The van der Waals surface area contributed by atoms with E-state index in [4.69, 9.17) is 19.4 Å². The number of thiophene rings is 1. The molecule has 0 fully saturated rings. The molecule has 0 saturated heterocycles. The van der Waals surface area contributed by atoms with Gasteiger partial charge in [-0.05, 0) is 93.2 Å². The van der Waals surface area contributed by atoms with Crippen molar-refractivity contribution >= 4 is 108 Å². The minimum absolute atomic E-state index is 0.513. The van der Waals surface area contributed by atoms with Crippen molar-refractivity contribution in [1.82, 2.24) is 24.1 Å². The van der Waals surface area contributed by atoms with Crippen molar-refractivity contribution in [2.75, 3.05) is 0 Å². The quantitative estimate of drug-likeness (QED) is 0.167. The molecule has 7 heteroatoms. The van der Waals surface area contributed by atoms with Crippen molar-refractivity contribution in [2.45, 2.75) is 0 Å². The van der Waals surface area contributed by atoms with Gasteiger partial charge in [-0.1, -0.05) is 182 Å². The van der Waals surface area contributed by atoms with E-state index < -0.39 is 0 Å². The molecule has 74 heavy (non-hydrogen) atoms. The van der Waals surface area contributed by atoms with Crippen molar-refractivity contribution in [2.24, 2.45) is 0 Å². The van der Waals surface area contributed by atoms with E-state index in [2.05, 4.69) is 228 Å². The predicted octanol–water partition coefficient (Wildman–Crippen LogP) is 18.2. The molecule has 0 unspecified atom stereocenters. The number of hydrogen-bond acceptors (Lipinski definition) is 5. The molecular formula is C67H39N5OS. The molecule has 0 atom stereocenters. The Bertz CT molecular complexity index is 4940. The fraction of sp³-hybridized carbons (Fsp3) is 0. The second kappa shape index (κ2) is 15.9. The summed E-state index contributed by atoms with van der Waals surface area (Å²) in [7, 11) is 0. The Morgan fingerprint density at radius 3 is 1.70 bits per heavy atom. The van der Waals surface area contributed by atoms with Gasteiger partial charge >= 0.3 is 0 Å². The van der Waals surface area contributed by atoms with E-state index in [-0.39, 0.29) is 0 Å². The first-order valence-corrected chi connectivity index (χ1v) is 25.7. The molecule has 0 N–H and O–H groups in total. The van der Waals surface area contributed by atoms with E-state index in [1.54, 1.807) is 0 Å². The third-order valence-electron chi connectivity index (χ3n) is 15.0. The monoisotopic (exact) mass is 961 g/mol. The first kappa shape index (κ1) is 41.0. The molecule has 0 amide bonds. The summed E-state index contributed by atoms with van der Waals surface area (Å²) < 4.78 is 13.5. The summed E-state index contributed by atoms with van der Waals surface area (Å²) in [5, 5.41) is 11.6. The maximum atomic E-state index is 6.47. The molecule has 0 aliphatic heterocycles. The fourth-order valence-electron chi connectivity index (χ4n) is 11.7. The largest absolute Gasteiger partial charge is 0.456 e. The molecule has 0 spiro atoms. The van der Waals surface area contributed by atoms with Crippen LogP contribution in [-0.4, -0.2) is 24.1 Å². The highest BCUT2D eigenvalue weighted by Crippen LogP contribution is 2.44. The Morgan fingerprint density at radius 1 is 0.338 bits per heavy atom. The lowest BCUT2D eigenvalue weighted by Crippen LogP contribution is -2.10. The van der Waals surface area contributed by atoms with Gasteiger partial charge in [0.05, 0.1) is 22.1 Å². The molecule has 344 valence electrons. The number of para-hydroxylation sites is 4. The number of nitrogens with zero attached hydrogens (tertiary/aromatic N) is 5. The lowest BCUT2D eigenvalue weighted by Gasteiger charge is -2.14. The van der Waals surface area contributed by atoms with E-state index in [0.717, 1.165) is 98.8 Å². The average molecular weight is 962 g/mol. The molecule has 0 aliphatic rings. The summed E-state index contributed by atoms with van der Waals surface area (Å²) in [5.41, 5.74) is 13.4. The van der Waals surface area contributed by atoms with Crippen LogP contribution in [0.15, 0.2) is 241 Å². The van der Waals surface area contributed by atoms with E-state index >= 15 is 0 Å². The molecule has 5 heterocycles. The van der Waals surface area contributed by atoms with E-state index in [1.165, 1.54) is 36.7 Å². The number of hydrogen-bond donors (Lipinski definition) is 0. The lowest BCUT2D eigenvalue weighted by molar-refractivity contribution is 0.669. The van der Waals surface area contributed by atoms with Crippen LogP contribution in [0.5, 0.6) is 0 Å². The number of fused-ring (bicyclic) bond motifs is 14. The van der Waals surface area contributed by atoms with Gasteiger partial charge in [0, 0.05) is 63.6 Å². The molecular weight excluding hydrogens is 923 g/mol. The Balaban J connectivity index is 0.941. The highest BCUT2D eigenvalue weighted by molar-refractivity contribution is 7.26. The van der Waals surface area contributed by atoms with Crippen LogP contribution >= 0.6 is 11.3 Å². The minimum Gasteiger partial charge on any atom is -0.456 e. The molecule has 11 aromatic carbocycles. The lowest BCUT2D eigenvalue weighted by atomic mass is 9.95. The first-order chi connectivity index (χ1) is 36.7. The number of rotatable bonds is 6. The van der Waals surface area contributed by atoms with Crippen molar-refractivity contribution in [3.8, 4) is 56.7 Å². The van der Waals surface area contributed by atoms with Crippen LogP contribution in [0.25, 0.3) is 153 Å². The minimum atomic E-state index is 0.513. The van der Waals surface area contributed by atoms with Crippen molar-refractivity contribution in [3.05, 3.63) is 237 Å². The zero-order valence-electron chi connectivity index (χ0n) is 39.6. The molecule has 16 aromatic rings. The van der Waals surface area contributed by atoms with Crippen LogP contribution in [0.4, 0.5) is 0 Å². The predicted molar refractivity (Wildman–Crippen MR) is 308 cm³/mol. The van der Waals surface area contributed by atoms with Gasteiger partial charge in [0.25, 0.3) is 0 Å². The van der Waals surface area contributed by atoms with E-state index in [0.29, 0.717) is 17.7 Å². The molecule has 5 aromatic heterocycles. The van der Waals surface area contributed by atoms with E-state index in [1.807, 2.05) is 29.5 Å². The van der Waals surface area contributed by atoms with E-state index in [9.17, 15) is 0 Å². The van der Waals surface area contributed by atoms with Gasteiger partial charge < -0.3 is 4.42 Å². The van der Waals surface area contributed by atoms with Crippen molar-refractivity contribution < 1.29 is 4.42 Å². The third-order valence-corrected chi connectivity index (χ3v) is 16.2. The summed E-state index contributed by atoms with van der Waals surface area (Å²) in [6, 6.07) is 84.6. The summed E-state index contributed by atoms with van der Waals surface area (Å²) in [6.07, 6.45) is 0. The Kier molecular flexibility index (Phi) is 8.81. The highest BCUT2D eigenvalue weighted by atomic mass is 32.1.